The van der Waals surface area contributed by atoms with Crippen LogP contribution in [0.3, 0.4) is 0 Å². The molecule has 0 radical (unpaired) electrons. The van der Waals surface area contributed by atoms with Crippen molar-refractivity contribution in [2.75, 3.05) is 23.3 Å². The summed E-state index contributed by atoms with van der Waals surface area (Å²) in [5, 5.41) is 12.0. The van der Waals surface area contributed by atoms with Crippen LogP contribution in [-0.2, 0) is 6.54 Å². The van der Waals surface area contributed by atoms with Crippen molar-refractivity contribution in [3.63, 3.8) is 0 Å². The molecule has 0 spiro atoms. The molecule has 7 heteroatoms. The summed E-state index contributed by atoms with van der Waals surface area (Å²) < 4.78 is 1.99. The molecule has 4 aliphatic rings. The van der Waals surface area contributed by atoms with E-state index in [0.29, 0.717) is 18.0 Å². The van der Waals surface area contributed by atoms with E-state index in [1.54, 1.807) is 0 Å². The normalized spacial score (nSPS) is 21.8. The van der Waals surface area contributed by atoms with Gasteiger partial charge in [-0.1, -0.05) is 30.3 Å². The number of piperidine rings is 1. The minimum Gasteiger partial charge on any atom is -0.366 e. The number of nitrogens with one attached hydrogen (secondary N) is 2. The fourth-order valence-electron chi connectivity index (χ4n) is 5.16. The highest BCUT2D eigenvalue weighted by atomic mass is 15.3. The van der Waals surface area contributed by atoms with E-state index in [-0.39, 0.29) is 0 Å². The van der Waals surface area contributed by atoms with Gasteiger partial charge in [-0.05, 0) is 42.9 Å². The topological polar surface area (TPSA) is 70.4 Å². The van der Waals surface area contributed by atoms with Crippen molar-refractivity contribution in [3.8, 4) is 11.3 Å². The van der Waals surface area contributed by atoms with Crippen LogP contribution in [0.1, 0.15) is 36.3 Å². The number of nitrogens with zero attached hydrogens (tertiary/aromatic N) is 5. The van der Waals surface area contributed by atoms with E-state index in [4.69, 9.17) is 10.1 Å². The molecule has 4 fully saturated rings. The predicted molar refractivity (Wildman–Crippen MR) is 130 cm³/mol. The summed E-state index contributed by atoms with van der Waals surface area (Å²) in [7, 11) is 0. The van der Waals surface area contributed by atoms with Gasteiger partial charge in [0.05, 0.1) is 11.9 Å². The summed E-state index contributed by atoms with van der Waals surface area (Å²) in [5.74, 6) is 2.69. The van der Waals surface area contributed by atoms with E-state index in [2.05, 4.69) is 50.8 Å². The molecular weight excluding hydrogens is 410 g/mol. The second-order valence-electron chi connectivity index (χ2n) is 9.58. The molecule has 4 aromatic rings. The Kier molecular flexibility index (Phi) is 4.36. The zero-order valence-electron chi connectivity index (χ0n) is 18.5. The summed E-state index contributed by atoms with van der Waals surface area (Å²) in [5.41, 5.74) is 5.65. The van der Waals surface area contributed by atoms with Crippen molar-refractivity contribution >= 4 is 17.3 Å². The minimum absolute atomic E-state index is 0.601. The van der Waals surface area contributed by atoms with Gasteiger partial charge in [0, 0.05) is 55.1 Å². The van der Waals surface area contributed by atoms with E-state index in [1.807, 2.05) is 35.1 Å². The number of anilines is 2. The number of piperazine rings is 1. The third-order valence-electron chi connectivity index (χ3n) is 7.14. The average Bonchev–Trinajstić information content (AvgIpc) is 3.61. The number of benzene rings is 1. The van der Waals surface area contributed by atoms with E-state index in [9.17, 15) is 0 Å². The third kappa shape index (κ3) is 3.53. The molecule has 33 heavy (non-hydrogen) atoms. The molecule has 3 aliphatic heterocycles. The highest BCUT2D eigenvalue weighted by molar-refractivity contribution is 5.63. The van der Waals surface area contributed by atoms with Crippen LogP contribution in [0.25, 0.3) is 16.9 Å². The van der Waals surface area contributed by atoms with Crippen LogP contribution in [-0.4, -0.2) is 44.8 Å². The van der Waals surface area contributed by atoms with E-state index >= 15 is 0 Å². The van der Waals surface area contributed by atoms with Gasteiger partial charge in [0.25, 0.3) is 0 Å². The monoisotopic (exact) mass is 437 g/mol. The highest BCUT2D eigenvalue weighted by Crippen LogP contribution is 2.42. The number of fused-ring (bicyclic) bond motifs is 3. The van der Waals surface area contributed by atoms with Crippen LogP contribution < -0.4 is 15.5 Å². The molecule has 3 saturated heterocycles. The minimum atomic E-state index is 0.601. The fourth-order valence-corrected chi connectivity index (χ4v) is 5.16. The van der Waals surface area contributed by atoms with Gasteiger partial charge in [-0.25, -0.2) is 4.98 Å². The van der Waals surface area contributed by atoms with Gasteiger partial charge in [-0.2, -0.15) is 9.61 Å². The Morgan fingerprint density at radius 3 is 2.58 bits per heavy atom. The maximum atomic E-state index is 5.09. The first-order chi connectivity index (χ1) is 16.3. The lowest BCUT2D eigenvalue weighted by Crippen LogP contribution is -2.67. The number of hydrogen-bond acceptors (Lipinski definition) is 6. The second kappa shape index (κ2) is 7.56. The molecule has 7 nitrogen and oxygen atoms in total. The maximum Gasteiger partial charge on any atom is 0.163 e. The molecular formula is C26H27N7. The lowest BCUT2D eigenvalue weighted by atomic mass is 9.91. The molecule has 166 valence electrons. The molecule has 1 aromatic carbocycles. The summed E-state index contributed by atoms with van der Waals surface area (Å²) in [6.07, 6.45) is 7.63. The van der Waals surface area contributed by atoms with Crippen molar-refractivity contribution in [1.29, 1.82) is 0 Å². The van der Waals surface area contributed by atoms with E-state index < -0.39 is 0 Å². The molecule has 1 saturated carbocycles. The predicted octanol–water partition coefficient (Wildman–Crippen LogP) is 3.83. The molecule has 2 atom stereocenters. The van der Waals surface area contributed by atoms with Crippen LogP contribution in [0, 0.1) is 0 Å². The van der Waals surface area contributed by atoms with Crippen molar-refractivity contribution in [1.82, 2.24) is 24.9 Å². The Balaban J connectivity index is 1.17. The van der Waals surface area contributed by atoms with Gasteiger partial charge in [0.15, 0.2) is 5.65 Å². The van der Waals surface area contributed by atoms with Gasteiger partial charge in [-0.15, -0.1) is 0 Å². The molecule has 6 heterocycles. The molecule has 1 aliphatic carbocycles. The SMILES string of the molecule is c1ccc(-c2ccc(CNc3cc(N4CC5CC(C4)N5)nc4c(C5CC5)cnn34)cc2)nc1. The first-order valence-electron chi connectivity index (χ1n) is 11.9. The van der Waals surface area contributed by atoms with Gasteiger partial charge >= 0.3 is 0 Å². The van der Waals surface area contributed by atoms with Crippen LogP contribution in [0.4, 0.5) is 11.6 Å². The Morgan fingerprint density at radius 1 is 1.03 bits per heavy atom. The second-order valence-corrected chi connectivity index (χ2v) is 9.58. The fraction of sp³-hybridized carbons (Fsp3) is 0.346. The number of aromatic nitrogens is 4. The molecule has 8 rings (SSSR count). The van der Waals surface area contributed by atoms with Crippen LogP contribution in [0.2, 0.25) is 0 Å². The van der Waals surface area contributed by atoms with Gasteiger partial charge in [0.2, 0.25) is 0 Å². The van der Waals surface area contributed by atoms with Crippen LogP contribution in [0.15, 0.2) is 60.9 Å². The number of hydrogen-bond donors (Lipinski definition) is 2. The molecule has 2 unspecified atom stereocenters. The summed E-state index contributed by atoms with van der Waals surface area (Å²) in [4.78, 5) is 12.0. The lowest BCUT2D eigenvalue weighted by molar-refractivity contribution is 0.225. The zero-order valence-corrected chi connectivity index (χ0v) is 18.5. The molecule has 3 aromatic heterocycles. The average molecular weight is 438 g/mol. The quantitative estimate of drug-likeness (QED) is 0.478. The number of pyridine rings is 1. The first kappa shape index (κ1) is 19.1. The highest BCUT2D eigenvalue weighted by Gasteiger charge is 2.37. The molecule has 2 N–H and O–H groups in total. The summed E-state index contributed by atoms with van der Waals surface area (Å²) in [6.45, 7) is 2.79. The third-order valence-corrected chi connectivity index (χ3v) is 7.14. The largest absolute Gasteiger partial charge is 0.366 e. The van der Waals surface area contributed by atoms with Gasteiger partial charge < -0.3 is 15.5 Å². The van der Waals surface area contributed by atoms with Crippen molar-refractivity contribution < 1.29 is 0 Å². The standard InChI is InChI=1S/C26H27N7/c1-2-10-27-23(3-1)19-6-4-17(5-7-19)13-28-24-12-25(32-15-20-11-21(16-32)30-20)31-26-22(18-8-9-18)14-29-33(24)26/h1-7,10,12,14,18,20-21,28,30H,8-9,11,13,15-16H2. The Morgan fingerprint density at radius 2 is 1.85 bits per heavy atom. The van der Waals surface area contributed by atoms with Crippen LogP contribution >= 0.6 is 0 Å². The van der Waals surface area contributed by atoms with Crippen molar-refractivity contribution in [2.24, 2.45) is 0 Å². The Hall–Kier alpha value is -3.45. The van der Waals surface area contributed by atoms with Crippen molar-refractivity contribution in [3.05, 3.63) is 72.1 Å². The molecule has 0 amide bonds. The zero-order chi connectivity index (χ0) is 21.8. The number of rotatable bonds is 6. The van der Waals surface area contributed by atoms with E-state index in [1.165, 1.54) is 30.4 Å². The Labute approximate surface area is 192 Å². The Bertz CT molecular complexity index is 1280. The summed E-state index contributed by atoms with van der Waals surface area (Å²) >= 11 is 0. The van der Waals surface area contributed by atoms with Gasteiger partial charge in [-0.3, -0.25) is 4.98 Å². The summed E-state index contributed by atoms with van der Waals surface area (Å²) in [6, 6.07) is 18.0. The van der Waals surface area contributed by atoms with Crippen molar-refractivity contribution in [2.45, 2.75) is 43.8 Å². The smallest absolute Gasteiger partial charge is 0.163 e. The van der Waals surface area contributed by atoms with Crippen LogP contribution in [0.5, 0.6) is 0 Å². The first-order valence-corrected chi connectivity index (χ1v) is 11.9. The maximum absolute atomic E-state index is 5.09. The lowest BCUT2D eigenvalue weighted by Gasteiger charge is -2.48. The van der Waals surface area contributed by atoms with Gasteiger partial charge in [0.1, 0.15) is 11.6 Å². The molecule has 2 bridgehead atoms. The van der Waals surface area contributed by atoms with E-state index in [0.717, 1.165) is 48.2 Å².